The summed E-state index contributed by atoms with van der Waals surface area (Å²) >= 11 is 6.11. The molecule has 0 amide bonds. The Morgan fingerprint density at radius 3 is 2.50 bits per heavy atom. The maximum atomic E-state index is 10.9. The Balaban J connectivity index is 2.84. The first-order valence-corrected chi connectivity index (χ1v) is 5.63. The first kappa shape index (κ1) is 13.0. The van der Waals surface area contributed by atoms with Gasteiger partial charge in [-0.15, -0.1) is 0 Å². The van der Waals surface area contributed by atoms with Crippen molar-refractivity contribution >= 4 is 17.6 Å². The van der Waals surface area contributed by atoms with Gasteiger partial charge in [-0.05, 0) is 19.3 Å². The fraction of sp³-hybridized carbons (Fsp3) is 0.636. The van der Waals surface area contributed by atoms with E-state index in [4.69, 9.17) is 16.7 Å². The van der Waals surface area contributed by atoms with Crippen molar-refractivity contribution in [3.8, 4) is 0 Å². The van der Waals surface area contributed by atoms with Crippen LogP contribution in [0.25, 0.3) is 0 Å². The van der Waals surface area contributed by atoms with E-state index in [1.165, 1.54) is 0 Å². The number of hydrogen-bond donors (Lipinski definition) is 1. The van der Waals surface area contributed by atoms with E-state index in [1.807, 2.05) is 20.9 Å². The molecule has 1 aromatic rings. The first-order chi connectivity index (χ1) is 7.34. The molecule has 0 saturated carbocycles. The highest BCUT2D eigenvalue weighted by molar-refractivity contribution is 6.31. The maximum absolute atomic E-state index is 10.9. The van der Waals surface area contributed by atoms with Crippen molar-refractivity contribution in [2.45, 2.75) is 27.2 Å². The molecule has 2 atom stereocenters. The fourth-order valence-corrected chi connectivity index (χ4v) is 1.86. The third-order valence-electron chi connectivity index (χ3n) is 3.02. The van der Waals surface area contributed by atoms with Gasteiger partial charge in [0.25, 0.3) is 0 Å². The normalized spacial score (nSPS) is 14.8. The molecule has 1 aromatic heterocycles. The summed E-state index contributed by atoms with van der Waals surface area (Å²) in [5.74, 6) is -1.13. The molecule has 0 fully saturated rings. The molecule has 0 aromatic carbocycles. The lowest BCUT2D eigenvalue weighted by Gasteiger charge is -2.16. The van der Waals surface area contributed by atoms with E-state index < -0.39 is 5.97 Å². The topological polar surface area (TPSA) is 55.1 Å². The van der Waals surface area contributed by atoms with Gasteiger partial charge in [-0.3, -0.25) is 9.48 Å². The Morgan fingerprint density at radius 1 is 1.56 bits per heavy atom. The monoisotopic (exact) mass is 244 g/mol. The number of carboxylic acids is 1. The van der Waals surface area contributed by atoms with Gasteiger partial charge in [0.05, 0.1) is 22.3 Å². The smallest absolute Gasteiger partial charge is 0.306 e. The molecule has 2 unspecified atom stereocenters. The van der Waals surface area contributed by atoms with Gasteiger partial charge in [-0.25, -0.2) is 0 Å². The van der Waals surface area contributed by atoms with Gasteiger partial charge in [0.15, 0.2) is 0 Å². The van der Waals surface area contributed by atoms with E-state index in [1.54, 1.807) is 11.6 Å². The largest absolute Gasteiger partial charge is 0.481 e. The molecular weight excluding hydrogens is 228 g/mol. The minimum atomic E-state index is -0.775. The maximum Gasteiger partial charge on any atom is 0.306 e. The van der Waals surface area contributed by atoms with Crippen molar-refractivity contribution in [2.24, 2.45) is 18.9 Å². The molecule has 0 spiro atoms. The number of aryl methyl sites for hydroxylation is 2. The highest BCUT2D eigenvalue weighted by atomic mass is 35.5. The molecule has 5 heteroatoms. The van der Waals surface area contributed by atoms with E-state index in [-0.39, 0.29) is 11.8 Å². The Kier molecular flexibility index (Phi) is 3.97. The lowest BCUT2D eigenvalue weighted by molar-refractivity contribution is -0.142. The lowest BCUT2D eigenvalue weighted by Crippen LogP contribution is -2.21. The van der Waals surface area contributed by atoms with E-state index in [0.717, 1.165) is 11.4 Å². The standard InChI is InChI=1S/C11H17ClN2O2/c1-6(7(2)11(15)16)5-9-10(12)8(3)13-14(9)4/h6-7H,5H2,1-4H3,(H,15,16). The number of carbonyl (C=O) groups is 1. The van der Waals surface area contributed by atoms with Gasteiger partial charge in [-0.1, -0.05) is 25.4 Å². The number of rotatable bonds is 4. The minimum Gasteiger partial charge on any atom is -0.481 e. The summed E-state index contributed by atoms with van der Waals surface area (Å²) in [6, 6.07) is 0. The Bertz CT molecular complexity index is 401. The third-order valence-corrected chi connectivity index (χ3v) is 3.51. The Morgan fingerprint density at radius 2 is 2.12 bits per heavy atom. The molecule has 1 rings (SSSR count). The molecule has 1 heterocycles. The van der Waals surface area contributed by atoms with Crippen LogP contribution in [0.3, 0.4) is 0 Å². The summed E-state index contributed by atoms with van der Waals surface area (Å²) in [5, 5.41) is 13.8. The predicted molar refractivity (Wildman–Crippen MR) is 62.6 cm³/mol. The van der Waals surface area contributed by atoms with Crippen LogP contribution in [0, 0.1) is 18.8 Å². The van der Waals surface area contributed by atoms with Crippen LogP contribution in [0.15, 0.2) is 0 Å². The van der Waals surface area contributed by atoms with Crippen molar-refractivity contribution in [1.82, 2.24) is 9.78 Å². The van der Waals surface area contributed by atoms with Crippen LogP contribution in [0.4, 0.5) is 0 Å². The molecular formula is C11H17ClN2O2. The molecule has 4 nitrogen and oxygen atoms in total. The van der Waals surface area contributed by atoms with E-state index in [0.29, 0.717) is 11.4 Å². The van der Waals surface area contributed by atoms with Crippen LogP contribution in [-0.4, -0.2) is 20.9 Å². The van der Waals surface area contributed by atoms with Gasteiger partial charge in [-0.2, -0.15) is 5.10 Å². The Labute approximate surface area is 100 Å². The lowest BCUT2D eigenvalue weighted by atomic mass is 9.91. The van der Waals surface area contributed by atoms with Crippen LogP contribution in [-0.2, 0) is 18.3 Å². The second-order valence-corrected chi connectivity index (χ2v) is 4.66. The quantitative estimate of drug-likeness (QED) is 0.884. The zero-order valence-corrected chi connectivity index (χ0v) is 10.7. The highest BCUT2D eigenvalue weighted by Crippen LogP contribution is 2.25. The summed E-state index contributed by atoms with van der Waals surface area (Å²) in [5.41, 5.74) is 1.69. The van der Waals surface area contributed by atoms with Crippen molar-refractivity contribution in [3.63, 3.8) is 0 Å². The van der Waals surface area contributed by atoms with E-state index in [9.17, 15) is 4.79 Å². The SMILES string of the molecule is Cc1nn(C)c(CC(C)C(C)C(=O)O)c1Cl. The second-order valence-electron chi connectivity index (χ2n) is 4.28. The van der Waals surface area contributed by atoms with Crippen LogP contribution in [0.5, 0.6) is 0 Å². The Hall–Kier alpha value is -1.03. The average Bonchev–Trinajstić information content (AvgIpc) is 2.43. The fourth-order valence-electron chi connectivity index (χ4n) is 1.63. The van der Waals surface area contributed by atoms with Gasteiger partial charge >= 0.3 is 5.97 Å². The molecule has 0 aliphatic carbocycles. The highest BCUT2D eigenvalue weighted by Gasteiger charge is 2.22. The average molecular weight is 245 g/mol. The van der Waals surface area contributed by atoms with Crippen molar-refractivity contribution in [1.29, 1.82) is 0 Å². The van der Waals surface area contributed by atoms with E-state index >= 15 is 0 Å². The number of aliphatic carboxylic acids is 1. The van der Waals surface area contributed by atoms with Gasteiger partial charge < -0.3 is 5.11 Å². The van der Waals surface area contributed by atoms with Gasteiger partial charge in [0, 0.05) is 7.05 Å². The van der Waals surface area contributed by atoms with Crippen LogP contribution in [0.1, 0.15) is 25.2 Å². The van der Waals surface area contributed by atoms with Crippen LogP contribution >= 0.6 is 11.6 Å². The first-order valence-electron chi connectivity index (χ1n) is 5.25. The molecule has 0 bridgehead atoms. The molecule has 1 N–H and O–H groups in total. The summed E-state index contributed by atoms with van der Waals surface area (Å²) in [6.45, 7) is 5.47. The van der Waals surface area contributed by atoms with E-state index in [2.05, 4.69) is 5.10 Å². The minimum absolute atomic E-state index is 0.0322. The molecule has 0 aliphatic heterocycles. The number of carboxylic acid groups (broad SMARTS) is 1. The summed E-state index contributed by atoms with van der Waals surface area (Å²) in [7, 11) is 1.83. The van der Waals surface area contributed by atoms with Crippen LogP contribution < -0.4 is 0 Å². The van der Waals surface area contributed by atoms with Crippen molar-refractivity contribution in [3.05, 3.63) is 16.4 Å². The van der Waals surface area contributed by atoms with Crippen molar-refractivity contribution < 1.29 is 9.90 Å². The number of hydrogen-bond acceptors (Lipinski definition) is 2. The zero-order chi connectivity index (χ0) is 12.5. The zero-order valence-electron chi connectivity index (χ0n) is 9.99. The summed E-state index contributed by atoms with van der Waals surface area (Å²) in [6.07, 6.45) is 0.629. The molecule has 90 valence electrons. The number of aromatic nitrogens is 2. The molecule has 16 heavy (non-hydrogen) atoms. The summed E-state index contributed by atoms with van der Waals surface area (Å²) in [4.78, 5) is 10.9. The number of nitrogens with zero attached hydrogens (tertiary/aromatic N) is 2. The van der Waals surface area contributed by atoms with Crippen molar-refractivity contribution in [2.75, 3.05) is 0 Å². The second kappa shape index (κ2) is 4.87. The summed E-state index contributed by atoms with van der Waals surface area (Å²) < 4.78 is 1.72. The third kappa shape index (κ3) is 2.55. The number of halogens is 1. The van der Waals surface area contributed by atoms with Crippen LogP contribution in [0.2, 0.25) is 5.02 Å². The van der Waals surface area contributed by atoms with Gasteiger partial charge in [0.1, 0.15) is 0 Å². The molecule has 0 saturated heterocycles. The van der Waals surface area contributed by atoms with Gasteiger partial charge in [0.2, 0.25) is 0 Å². The molecule has 0 aliphatic rings. The predicted octanol–water partition coefficient (Wildman–Crippen LogP) is 2.28. The molecule has 0 radical (unpaired) electrons.